The Hall–Kier alpha value is 0.630. The summed E-state index contributed by atoms with van der Waals surface area (Å²) in [6, 6.07) is 0. The van der Waals surface area contributed by atoms with E-state index in [1.165, 1.54) is 0 Å². The second-order valence-corrected chi connectivity index (χ2v) is 1.48. The van der Waals surface area contributed by atoms with E-state index in [1.807, 2.05) is 0 Å². The average Bonchev–Trinajstić information content (AvgIpc) is 1.31. The molecular formula is C2H2Br2O. The van der Waals surface area contributed by atoms with Gasteiger partial charge in [-0.1, -0.05) is 15.9 Å². The largest absolute Gasteiger partial charge is 0.286 e. The van der Waals surface area contributed by atoms with Crippen LogP contribution in [0.25, 0.3) is 0 Å². The minimum Gasteiger partial charge on any atom is -0.286 e. The van der Waals surface area contributed by atoms with E-state index >= 15 is 0 Å². The van der Waals surface area contributed by atoms with Crippen molar-refractivity contribution in [2.75, 3.05) is 5.28 Å². The molecule has 3 heteroatoms. The number of hydrogen-bond donors (Lipinski definition) is 0. The fourth-order valence-electron chi connectivity index (χ4n) is 0. The van der Waals surface area contributed by atoms with Gasteiger partial charge in [-0.3, -0.25) is 4.79 Å². The zero-order chi connectivity index (χ0) is 6.08. The van der Waals surface area contributed by atoms with Crippen molar-refractivity contribution in [3.8, 4) is 0 Å². The number of carbonyl (C=O) groups is 1. The number of hydrogen-bond acceptors (Lipinski definition) is 1. The van der Waals surface area contributed by atoms with E-state index in [9.17, 15) is 4.79 Å². The molecule has 0 heterocycles. The van der Waals surface area contributed by atoms with Crippen molar-refractivity contribution in [2.24, 2.45) is 0 Å². The lowest BCUT2D eigenvalue weighted by Gasteiger charge is -1.66. The Morgan fingerprint density at radius 2 is 2.40 bits per heavy atom. The van der Waals surface area contributed by atoms with Crippen molar-refractivity contribution in [2.45, 2.75) is 0 Å². The highest BCUT2D eigenvalue weighted by atomic mass is 79.9. The van der Waals surface area contributed by atoms with Gasteiger partial charge in [0.25, 0.3) is 0 Å². The van der Waals surface area contributed by atoms with Gasteiger partial charge in [0.05, 0.1) is 5.28 Å². The molecule has 1 nitrogen and oxygen atoms in total. The van der Waals surface area contributed by atoms with Crippen LogP contribution in [-0.4, -0.2) is 9.97 Å². The molecule has 0 aliphatic carbocycles. The minimum atomic E-state index is -1.91. The smallest absolute Gasteiger partial charge is 0.208 e. The molecule has 0 radical (unpaired) electrons. The highest BCUT2D eigenvalue weighted by molar-refractivity contribution is 9.19. The van der Waals surface area contributed by atoms with Gasteiger partial charge in [0.2, 0.25) is 4.69 Å². The van der Waals surface area contributed by atoms with Gasteiger partial charge in [-0.15, -0.1) is 0 Å². The van der Waals surface area contributed by atoms with E-state index in [0.29, 0.717) is 0 Å². The topological polar surface area (TPSA) is 17.1 Å². The highest BCUT2D eigenvalue weighted by Crippen LogP contribution is 1.87. The van der Waals surface area contributed by atoms with E-state index in [2.05, 4.69) is 31.9 Å². The summed E-state index contributed by atoms with van der Waals surface area (Å²) in [6.07, 6.45) is 0. The molecule has 5 heavy (non-hydrogen) atoms. The van der Waals surface area contributed by atoms with Crippen LogP contribution >= 0.6 is 31.9 Å². The third kappa shape index (κ3) is 4.63. The Kier molecular flexibility index (Phi) is 1.56. The van der Waals surface area contributed by atoms with Gasteiger partial charge in [-0.25, -0.2) is 0 Å². The van der Waals surface area contributed by atoms with E-state index in [0.717, 1.165) is 0 Å². The predicted octanol–water partition coefficient (Wildman–Crippen LogP) is 1.30. The molecule has 0 aromatic rings. The first-order valence-electron chi connectivity index (χ1n) is 1.83. The molecule has 0 aromatic carbocycles. The lowest BCUT2D eigenvalue weighted by Crippen LogP contribution is -1.79. The zero-order valence-corrected chi connectivity index (χ0v) is 5.34. The maximum Gasteiger partial charge on any atom is 0.208 e. The molecule has 0 unspecified atom stereocenters. The fraction of sp³-hybridized carbons (Fsp3) is 0.500. The molecule has 0 aliphatic rings. The summed E-state index contributed by atoms with van der Waals surface area (Å²) in [5, 5.41) is -1.91. The number of rotatable bonds is 1. The van der Waals surface area contributed by atoms with Crippen molar-refractivity contribution in [3.05, 3.63) is 0 Å². The van der Waals surface area contributed by atoms with Gasteiger partial charge < -0.3 is 0 Å². The molecule has 0 spiro atoms. The van der Waals surface area contributed by atoms with Gasteiger partial charge in [-0.05, 0) is 15.9 Å². The Bertz CT molecular complexity index is 86.2. The van der Waals surface area contributed by atoms with Crippen LogP contribution in [0.3, 0.4) is 0 Å². The summed E-state index contributed by atoms with van der Waals surface area (Å²) in [5.74, 6) is 0. The molecular weight excluding hydrogens is 200 g/mol. The van der Waals surface area contributed by atoms with Crippen LogP contribution in [0.15, 0.2) is 0 Å². The van der Waals surface area contributed by atoms with Gasteiger partial charge in [0.15, 0.2) is 0 Å². The summed E-state index contributed by atoms with van der Waals surface area (Å²) < 4.78 is 12.5. The van der Waals surface area contributed by atoms with E-state index < -0.39 is 9.97 Å². The quantitative estimate of drug-likeness (QED) is 0.464. The van der Waals surface area contributed by atoms with Crippen molar-refractivity contribution in [1.82, 2.24) is 0 Å². The SMILES string of the molecule is [2H]C([2H])(Br)C(=O)Br. The van der Waals surface area contributed by atoms with Crippen molar-refractivity contribution in [1.29, 1.82) is 0 Å². The zero-order valence-electron chi connectivity index (χ0n) is 4.16. The second kappa shape index (κ2) is 2.85. The number of carbonyl (C=O) groups excluding carboxylic acids is 1. The monoisotopic (exact) mass is 202 g/mol. The van der Waals surface area contributed by atoms with Crippen LogP contribution in [-0.2, 0) is 4.79 Å². The van der Waals surface area contributed by atoms with Gasteiger partial charge in [0.1, 0.15) is 0 Å². The molecule has 0 amide bonds. The average molecular weight is 204 g/mol. The highest BCUT2D eigenvalue weighted by Gasteiger charge is 1.82. The normalized spacial score (nSPS) is 16.4. The standard InChI is InChI=1S/C2H2Br2O/c3-1-2(4)5/h1H2/i1D2. The van der Waals surface area contributed by atoms with Crippen LogP contribution in [0, 0.1) is 0 Å². The van der Waals surface area contributed by atoms with Crippen LogP contribution in [0.1, 0.15) is 2.74 Å². The molecule has 0 saturated carbocycles. The number of halogens is 2. The van der Waals surface area contributed by atoms with Crippen molar-refractivity contribution >= 4 is 36.6 Å². The summed E-state index contributed by atoms with van der Waals surface area (Å²) in [4.78, 5) is 9.96. The molecule has 0 fully saturated rings. The first-order chi connectivity index (χ1) is 2.94. The van der Waals surface area contributed by atoms with E-state index in [-0.39, 0.29) is 0 Å². The maximum atomic E-state index is 9.96. The van der Waals surface area contributed by atoms with Gasteiger partial charge >= 0.3 is 0 Å². The first-order valence-corrected chi connectivity index (χ1v) is 2.42. The van der Waals surface area contributed by atoms with E-state index in [4.69, 9.17) is 2.74 Å². The van der Waals surface area contributed by atoms with Crippen LogP contribution in [0.5, 0.6) is 0 Å². The molecule has 30 valence electrons. The fourth-order valence-corrected chi connectivity index (χ4v) is 0. The predicted molar refractivity (Wildman–Crippen MR) is 27.7 cm³/mol. The Morgan fingerprint density at radius 1 is 2.20 bits per heavy atom. The first kappa shape index (κ1) is 2.75. The van der Waals surface area contributed by atoms with Crippen molar-refractivity contribution in [3.63, 3.8) is 0 Å². The van der Waals surface area contributed by atoms with Crippen LogP contribution in [0.2, 0.25) is 0 Å². The molecule has 0 N–H and O–H groups in total. The Balaban J connectivity index is 3.79. The lowest BCUT2D eigenvalue weighted by atomic mass is 10.9. The van der Waals surface area contributed by atoms with Gasteiger partial charge in [0, 0.05) is 2.74 Å². The maximum absolute atomic E-state index is 9.96. The van der Waals surface area contributed by atoms with Crippen LogP contribution in [0.4, 0.5) is 0 Å². The summed E-state index contributed by atoms with van der Waals surface area (Å²) >= 11 is 4.91. The number of alkyl halides is 1. The van der Waals surface area contributed by atoms with Crippen LogP contribution < -0.4 is 0 Å². The molecule has 0 aromatic heterocycles. The third-order valence-electron chi connectivity index (χ3n) is 0.0743. The molecule has 0 rings (SSSR count). The minimum absolute atomic E-state index is 0.694. The Morgan fingerprint density at radius 3 is 2.40 bits per heavy atom. The molecule has 0 aliphatic heterocycles. The lowest BCUT2D eigenvalue weighted by molar-refractivity contribution is -0.108. The van der Waals surface area contributed by atoms with Gasteiger partial charge in [-0.2, -0.15) is 0 Å². The van der Waals surface area contributed by atoms with E-state index in [1.54, 1.807) is 0 Å². The Labute approximate surface area is 49.8 Å². The summed E-state index contributed by atoms with van der Waals surface area (Å²) in [7, 11) is 0. The molecule has 0 saturated heterocycles. The molecule has 0 atom stereocenters. The summed E-state index contributed by atoms with van der Waals surface area (Å²) in [5.41, 5.74) is 0. The third-order valence-corrected chi connectivity index (χ3v) is 1.16. The van der Waals surface area contributed by atoms with Crippen molar-refractivity contribution < 1.29 is 7.54 Å². The summed E-state index contributed by atoms with van der Waals surface area (Å²) in [6.45, 7) is 0. The molecule has 0 bridgehead atoms. The second-order valence-electron chi connectivity index (χ2n) is 0.368.